The molecule has 0 saturated carbocycles. The fourth-order valence-electron chi connectivity index (χ4n) is 6.30. The molecule has 2 fully saturated rings. The fourth-order valence-corrected chi connectivity index (χ4v) is 8.93. The van der Waals surface area contributed by atoms with E-state index in [-0.39, 0.29) is 34.0 Å². The predicted octanol–water partition coefficient (Wildman–Crippen LogP) is 4.82. The number of nitrogens with two attached hydrogens (primary N) is 2. The SMILES string of the molecule is CCC(C)(C)C(=O)OCOP1(=O)/C=C\[C@H]2O[C@@H](n3cnc4c(N)ncnc43)[C@H](F)[C@@H]2OP(=O)(OCOC(=O)C(C)(C)CC)OC[C@H]2O[C@@H](n3cnc4c(N)ncnc43)[C@H](F)[C@@H]2O1. The van der Waals surface area contributed by atoms with Crippen molar-refractivity contribution >= 4 is 61.3 Å². The number of phosphoric acid groups is 1. The van der Waals surface area contributed by atoms with Crippen LogP contribution in [0.2, 0.25) is 0 Å². The molecule has 62 heavy (non-hydrogen) atoms. The van der Waals surface area contributed by atoms with Gasteiger partial charge in [0.05, 0.1) is 30.1 Å². The number of carbonyl (C=O) groups is 2. The Morgan fingerprint density at radius 1 is 0.774 bits per heavy atom. The average molecular weight is 915 g/mol. The fraction of sp³-hybridized carbons (Fsp3) is 0.600. The van der Waals surface area contributed by atoms with Crippen LogP contribution >= 0.6 is 15.4 Å². The van der Waals surface area contributed by atoms with Gasteiger partial charge >= 0.3 is 27.4 Å². The van der Waals surface area contributed by atoms with E-state index in [0.717, 1.165) is 24.5 Å². The van der Waals surface area contributed by atoms with Crippen molar-refractivity contribution in [3.63, 3.8) is 0 Å². The third-order valence-electron chi connectivity index (χ3n) is 10.9. The van der Waals surface area contributed by atoms with Gasteiger partial charge in [-0.15, -0.1) is 0 Å². The zero-order valence-electron chi connectivity index (χ0n) is 34.3. The van der Waals surface area contributed by atoms with Gasteiger partial charge in [-0.25, -0.2) is 47.8 Å². The molecule has 3 aliphatic rings. The number of carbonyl (C=O) groups excluding carboxylic acids is 2. The molecule has 2 saturated heterocycles. The largest absolute Gasteiger partial charge is 0.478 e. The summed E-state index contributed by atoms with van der Waals surface area (Å²) in [6, 6.07) is 0. The summed E-state index contributed by atoms with van der Waals surface area (Å²) >= 11 is 0. The summed E-state index contributed by atoms with van der Waals surface area (Å²) in [7, 11) is -9.90. The first-order valence-electron chi connectivity index (χ1n) is 19.3. The standard InChI is InChI=1S/C35H46F2N10O13P2/c1-7-34(3,4)32(48)52-16-55-61(50)10-9-18-24(20(36)30(57-18)46-14-44-22-26(38)40-12-42-28(22)46)60-62(51,56-17-53-33(49)35(5,6)8-2)54-11-19-25(59-61)21(37)31(58-19)47-15-45-23-27(39)41-13-43-29(23)47/h9-10,12-15,18-21,24-25,30-31H,7-8,11,16-17H2,1-6H3,(H2,38,40,42)(H2,39,41,43)/b10-9-/t18-,19-,20-,21-,24-,25-,30-,31-,61?,62?/m1/s1. The van der Waals surface area contributed by atoms with Crippen molar-refractivity contribution in [3.05, 3.63) is 37.2 Å². The van der Waals surface area contributed by atoms with E-state index in [1.54, 1.807) is 41.5 Å². The van der Waals surface area contributed by atoms with E-state index in [4.69, 9.17) is 53.0 Å². The molecule has 3 aliphatic heterocycles. The molecule has 27 heteroatoms. The monoisotopic (exact) mass is 914 g/mol. The highest BCUT2D eigenvalue weighted by molar-refractivity contribution is 7.57. The van der Waals surface area contributed by atoms with Gasteiger partial charge in [0.15, 0.2) is 47.7 Å². The number of hydrogen-bond donors (Lipinski definition) is 2. The number of nitrogens with zero attached hydrogens (tertiary/aromatic N) is 8. The quantitative estimate of drug-likeness (QED) is 0.109. The van der Waals surface area contributed by atoms with Crippen LogP contribution in [0.3, 0.4) is 0 Å². The van der Waals surface area contributed by atoms with E-state index in [1.807, 2.05) is 0 Å². The number of phosphoric ester groups is 1. The highest BCUT2D eigenvalue weighted by atomic mass is 31.2. The smallest absolute Gasteiger partial charge is 0.438 e. The van der Waals surface area contributed by atoms with E-state index in [2.05, 4.69) is 29.9 Å². The Kier molecular flexibility index (Phi) is 12.9. The van der Waals surface area contributed by atoms with Crippen molar-refractivity contribution in [2.75, 3.05) is 31.7 Å². The molecule has 4 N–H and O–H groups in total. The molecule has 7 rings (SSSR count). The Labute approximate surface area is 352 Å². The van der Waals surface area contributed by atoms with Crippen molar-refractivity contribution in [2.45, 2.75) is 104 Å². The Morgan fingerprint density at radius 3 is 1.84 bits per heavy atom. The molecule has 0 aliphatic carbocycles. The number of rotatable bonds is 12. The summed E-state index contributed by atoms with van der Waals surface area (Å²) in [6.07, 6.45) is -8.42. The Morgan fingerprint density at radius 2 is 1.29 bits per heavy atom. The van der Waals surface area contributed by atoms with Crippen LogP contribution in [-0.2, 0) is 60.3 Å². The number of nitrogen functional groups attached to an aromatic ring is 2. The van der Waals surface area contributed by atoms with Crippen LogP contribution in [0.1, 0.15) is 66.8 Å². The van der Waals surface area contributed by atoms with Crippen molar-refractivity contribution < 1.29 is 69.1 Å². The number of esters is 2. The number of aromatic nitrogens is 8. The van der Waals surface area contributed by atoms with Gasteiger partial charge in [-0.3, -0.25) is 41.4 Å². The molecular weight excluding hydrogens is 868 g/mol. The molecular formula is C35H46F2N10O13P2. The Bertz CT molecular complexity index is 2440. The zero-order chi connectivity index (χ0) is 44.8. The molecule has 7 heterocycles. The molecule has 0 radical (unpaired) electrons. The van der Waals surface area contributed by atoms with Crippen molar-refractivity contribution in [1.82, 2.24) is 39.0 Å². The van der Waals surface area contributed by atoms with Gasteiger partial charge in [0.1, 0.15) is 48.1 Å². The molecule has 23 nitrogen and oxygen atoms in total. The summed E-state index contributed by atoms with van der Waals surface area (Å²) in [4.78, 5) is 50.0. The normalized spacial score (nSPS) is 31.2. The lowest BCUT2D eigenvalue weighted by Gasteiger charge is -2.28. The maximum atomic E-state index is 16.9. The van der Waals surface area contributed by atoms with E-state index in [0.29, 0.717) is 12.8 Å². The number of anilines is 2. The maximum Gasteiger partial charge on any atom is 0.478 e. The number of alkyl halides is 2. The van der Waals surface area contributed by atoms with Crippen LogP contribution < -0.4 is 11.5 Å². The van der Waals surface area contributed by atoms with Crippen molar-refractivity contribution in [2.24, 2.45) is 10.8 Å². The molecule has 0 spiro atoms. The molecule has 0 aromatic carbocycles. The molecule has 0 amide bonds. The minimum absolute atomic E-state index is 0.0184. The maximum absolute atomic E-state index is 16.9. The first-order chi connectivity index (χ1) is 29.3. The van der Waals surface area contributed by atoms with Gasteiger partial charge < -0.3 is 30.4 Å². The minimum Gasteiger partial charge on any atom is -0.438 e. The highest BCUT2D eigenvalue weighted by Crippen LogP contribution is 2.58. The van der Waals surface area contributed by atoms with Gasteiger partial charge in [0, 0.05) is 5.82 Å². The molecule has 4 aromatic heterocycles. The third-order valence-corrected chi connectivity index (χ3v) is 13.8. The van der Waals surface area contributed by atoms with E-state index in [9.17, 15) is 18.7 Å². The molecule has 4 aromatic rings. The molecule has 338 valence electrons. The number of hydrogen-bond acceptors (Lipinski definition) is 21. The predicted molar refractivity (Wildman–Crippen MR) is 209 cm³/mol. The van der Waals surface area contributed by atoms with Crippen LogP contribution in [0.25, 0.3) is 22.3 Å². The second-order valence-corrected chi connectivity index (χ2v) is 19.2. The molecule has 10 atom stereocenters. The summed E-state index contributed by atoms with van der Waals surface area (Å²) in [5.41, 5.74) is 10.3. The summed E-state index contributed by atoms with van der Waals surface area (Å²) in [5.74, 6) is -0.640. The second kappa shape index (κ2) is 17.5. The lowest BCUT2D eigenvalue weighted by molar-refractivity contribution is -0.162. The zero-order valence-corrected chi connectivity index (χ0v) is 36.1. The van der Waals surface area contributed by atoms with Gasteiger partial charge in [-0.2, -0.15) is 0 Å². The number of imidazole rings is 2. The van der Waals surface area contributed by atoms with Crippen LogP contribution in [-0.4, -0.2) is 108 Å². The van der Waals surface area contributed by atoms with Crippen molar-refractivity contribution in [3.8, 4) is 0 Å². The first kappa shape index (κ1) is 45.4. The van der Waals surface area contributed by atoms with E-state index < -0.39 is 108 Å². The summed E-state index contributed by atoms with van der Waals surface area (Å²) < 4.78 is 117. The van der Waals surface area contributed by atoms with Gasteiger partial charge in [0.2, 0.25) is 13.6 Å². The lowest BCUT2D eigenvalue weighted by atomic mass is 9.91. The summed E-state index contributed by atoms with van der Waals surface area (Å²) in [5, 5.41) is 0. The van der Waals surface area contributed by atoms with E-state index in [1.165, 1.54) is 21.8 Å². The third kappa shape index (κ3) is 8.95. The second-order valence-electron chi connectivity index (χ2n) is 15.7. The van der Waals surface area contributed by atoms with Gasteiger partial charge in [-0.05, 0) is 46.6 Å². The van der Waals surface area contributed by atoms with E-state index >= 15 is 8.78 Å². The number of fused-ring (bicyclic) bond motifs is 4. The minimum atomic E-state index is -5.10. The molecule has 0 bridgehead atoms. The van der Waals surface area contributed by atoms with Crippen LogP contribution in [0, 0.1) is 10.8 Å². The van der Waals surface area contributed by atoms with Gasteiger partial charge in [0.25, 0.3) is 0 Å². The van der Waals surface area contributed by atoms with Gasteiger partial charge in [-0.1, -0.05) is 13.8 Å². The topological polar surface area (TPSA) is 291 Å². The molecule has 2 unspecified atom stereocenters. The van der Waals surface area contributed by atoms with Crippen molar-refractivity contribution in [1.29, 1.82) is 0 Å². The Balaban J connectivity index is 1.27. The average Bonchev–Trinajstić information content (AvgIpc) is 4.01. The summed E-state index contributed by atoms with van der Waals surface area (Å²) in [6.45, 7) is 7.17. The Hall–Kier alpha value is -4.58. The highest BCUT2D eigenvalue weighted by Gasteiger charge is 2.55. The first-order valence-corrected chi connectivity index (χ1v) is 22.4. The number of halogens is 2. The van der Waals surface area contributed by atoms with Crippen LogP contribution in [0.5, 0.6) is 0 Å². The van der Waals surface area contributed by atoms with Crippen LogP contribution in [0.4, 0.5) is 20.4 Å². The lowest BCUT2D eigenvalue weighted by Crippen LogP contribution is -2.35. The van der Waals surface area contributed by atoms with Crippen LogP contribution in [0.15, 0.2) is 37.2 Å². The number of ether oxygens (including phenoxy) is 4.